The van der Waals surface area contributed by atoms with Gasteiger partial charge in [-0.15, -0.1) is 0 Å². The van der Waals surface area contributed by atoms with Gasteiger partial charge in [0.15, 0.2) is 0 Å². The summed E-state index contributed by atoms with van der Waals surface area (Å²) >= 11 is 5.91. The molecule has 1 atom stereocenters. The molecule has 0 aliphatic heterocycles. The van der Waals surface area contributed by atoms with Gasteiger partial charge in [0.1, 0.15) is 0 Å². The van der Waals surface area contributed by atoms with E-state index >= 15 is 0 Å². The van der Waals surface area contributed by atoms with E-state index in [0.717, 1.165) is 18.1 Å². The van der Waals surface area contributed by atoms with Crippen LogP contribution in [0.25, 0.3) is 0 Å². The molecule has 1 N–H and O–H groups in total. The lowest BCUT2D eigenvalue weighted by molar-refractivity contribution is 0.126. The number of benzene rings is 1. The van der Waals surface area contributed by atoms with Crippen molar-refractivity contribution >= 4 is 11.6 Å². The summed E-state index contributed by atoms with van der Waals surface area (Å²) in [4.78, 5) is 2.19. The summed E-state index contributed by atoms with van der Waals surface area (Å²) < 4.78 is 0. The molecule has 0 saturated heterocycles. The summed E-state index contributed by atoms with van der Waals surface area (Å²) in [6, 6.07) is 7.84. The van der Waals surface area contributed by atoms with Crippen LogP contribution >= 0.6 is 11.6 Å². The van der Waals surface area contributed by atoms with Crippen LogP contribution in [-0.4, -0.2) is 29.2 Å². The molecular formula is C12H18ClNO. The maximum atomic E-state index is 9.32. The Morgan fingerprint density at radius 3 is 2.73 bits per heavy atom. The van der Waals surface area contributed by atoms with Crippen molar-refractivity contribution in [3.63, 3.8) is 0 Å². The van der Waals surface area contributed by atoms with Crippen molar-refractivity contribution in [1.29, 1.82) is 0 Å². The van der Waals surface area contributed by atoms with Crippen LogP contribution in [-0.2, 0) is 6.54 Å². The molecule has 84 valence electrons. The Balaban J connectivity index is 2.58. The van der Waals surface area contributed by atoms with Gasteiger partial charge in [-0.05, 0) is 31.2 Å². The molecule has 0 fully saturated rings. The monoisotopic (exact) mass is 227 g/mol. The first kappa shape index (κ1) is 12.5. The molecule has 15 heavy (non-hydrogen) atoms. The maximum absolute atomic E-state index is 9.32. The van der Waals surface area contributed by atoms with E-state index in [2.05, 4.69) is 17.9 Å². The lowest BCUT2D eigenvalue weighted by Gasteiger charge is -2.21. The van der Waals surface area contributed by atoms with E-state index in [1.165, 1.54) is 5.56 Å². The third-order valence-electron chi connectivity index (χ3n) is 2.26. The van der Waals surface area contributed by atoms with Crippen LogP contribution in [0.2, 0.25) is 5.02 Å². The van der Waals surface area contributed by atoms with E-state index in [-0.39, 0.29) is 6.10 Å². The molecule has 0 aromatic heterocycles. The van der Waals surface area contributed by atoms with Gasteiger partial charge in [0.05, 0.1) is 6.10 Å². The topological polar surface area (TPSA) is 23.5 Å². The summed E-state index contributed by atoms with van der Waals surface area (Å²) in [7, 11) is 0. The summed E-state index contributed by atoms with van der Waals surface area (Å²) in [5.41, 5.74) is 1.19. The Bertz CT molecular complexity index is 301. The molecule has 0 heterocycles. The number of rotatable bonds is 5. The molecule has 1 rings (SSSR count). The van der Waals surface area contributed by atoms with E-state index in [1.54, 1.807) is 6.92 Å². The quantitative estimate of drug-likeness (QED) is 0.836. The van der Waals surface area contributed by atoms with Crippen molar-refractivity contribution in [2.24, 2.45) is 0 Å². The van der Waals surface area contributed by atoms with Gasteiger partial charge in [-0.2, -0.15) is 0 Å². The van der Waals surface area contributed by atoms with Crippen LogP contribution in [0.1, 0.15) is 19.4 Å². The second kappa shape index (κ2) is 6.11. The van der Waals surface area contributed by atoms with Gasteiger partial charge < -0.3 is 5.11 Å². The summed E-state index contributed by atoms with van der Waals surface area (Å²) in [5.74, 6) is 0. The van der Waals surface area contributed by atoms with Crippen LogP contribution in [0.4, 0.5) is 0 Å². The molecule has 3 heteroatoms. The van der Waals surface area contributed by atoms with Crippen molar-refractivity contribution in [3.05, 3.63) is 34.9 Å². The van der Waals surface area contributed by atoms with Gasteiger partial charge in [0.2, 0.25) is 0 Å². The van der Waals surface area contributed by atoms with Crippen molar-refractivity contribution in [2.45, 2.75) is 26.5 Å². The average Bonchev–Trinajstić information content (AvgIpc) is 2.16. The van der Waals surface area contributed by atoms with E-state index in [4.69, 9.17) is 11.6 Å². The molecular weight excluding hydrogens is 210 g/mol. The average molecular weight is 228 g/mol. The Hall–Kier alpha value is -0.570. The minimum Gasteiger partial charge on any atom is -0.392 e. The molecule has 0 amide bonds. The molecule has 0 unspecified atom stereocenters. The number of aliphatic hydroxyl groups excluding tert-OH is 1. The highest BCUT2D eigenvalue weighted by Crippen LogP contribution is 2.12. The number of aliphatic hydroxyl groups is 1. The van der Waals surface area contributed by atoms with E-state index in [1.807, 2.05) is 18.2 Å². The molecule has 2 nitrogen and oxygen atoms in total. The predicted octanol–water partition coefficient (Wildman–Crippen LogP) is 2.54. The van der Waals surface area contributed by atoms with Crippen molar-refractivity contribution < 1.29 is 5.11 Å². The summed E-state index contributed by atoms with van der Waals surface area (Å²) in [5, 5.41) is 10.1. The Kier molecular flexibility index (Phi) is 5.09. The van der Waals surface area contributed by atoms with Crippen LogP contribution in [0.15, 0.2) is 24.3 Å². The molecule has 0 aliphatic rings. The Morgan fingerprint density at radius 1 is 1.47 bits per heavy atom. The normalized spacial score (nSPS) is 13.1. The zero-order valence-corrected chi connectivity index (χ0v) is 10.0. The predicted molar refractivity (Wildman–Crippen MR) is 64.1 cm³/mol. The second-order valence-electron chi connectivity index (χ2n) is 3.81. The van der Waals surface area contributed by atoms with Crippen molar-refractivity contribution in [1.82, 2.24) is 4.90 Å². The first-order chi connectivity index (χ1) is 7.11. The lowest BCUT2D eigenvalue weighted by atomic mass is 10.2. The highest BCUT2D eigenvalue weighted by molar-refractivity contribution is 6.30. The number of nitrogens with zero attached hydrogens (tertiary/aromatic N) is 1. The first-order valence-electron chi connectivity index (χ1n) is 5.26. The van der Waals surface area contributed by atoms with Crippen LogP contribution < -0.4 is 0 Å². The van der Waals surface area contributed by atoms with Crippen molar-refractivity contribution in [3.8, 4) is 0 Å². The molecule has 1 aromatic rings. The number of halogens is 1. The van der Waals surface area contributed by atoms with E-state index in [9.17, 15) is 5.11 Å². The zero-order valence-electron chi connectivity index (χ0n) is 9.28. The van der Waals surface area contributed by atoms with Gasteiger partial charge in [-0.25, -0.2) is 0 Å². The summed E-state index contributed by atoms with van der Waals surface area (Å²) in [6.45, 7) is 6.36. The van der Waals surface area contributed by atoms with Gasteiger partial charge in [0.25, 0.3) is 0 Å². The minimum absolute atomic E-state index is 0.288. The largest absolute Gasteiger partial charge is 0.392 e. The first-order valence-corrected chi connectivity index (χ1v) is 5.64. The van der Waals surface area contributed by atoms with Gasteiger partial charge >= 0.3 is 0 Å². The summed E-state index contributed by atoms with van der Waals surface area (Å²) in [6.07, 6.45) is -0.288. The van der Waals surface area contributed by atoms with Crippen molar-refractivity contribution in [2.75, 3.05) is 13.1 Å². The smallest absolute Gasteiger partial charge is 0.0639 e. The van der Waals surface area contributed by atoms with E-state index in [0.29, 0.717) is 6.54 Å². The lowest BCUT2D eigenvalue weighted by Crippen LogP contribution is -2.30. The third-order valence-corrected chi connectivity index (χ3v) is 2.50. The van der Waals surface area contributed by atoms with Gasteiger partial charge in [-0.1, -0.05) is 30.7 Å². The maximum Gasteiger partial charge on any atom is 0.0639 e. The fourth-order valence-corrected chi connectivity index (χ4v) is 1.79. The Labute approximate surface area is 96.5 Å². The standard InChI is InChI=1S/C12H18ClNO/c1-3-14(8-10(2)15)9-11-5-4-6-12(13)7-11/h4-7,10,15H,3,8-9H2,1-2H3/t10-/m1/s1. The van der Waals surface area contributed by atoms with Crippen LogP contribution in [0, 0.1) is 0 Å². The van der Waals surface area contributed by atoms with Gasteiger partial charge in [0, 0.05) is 18.1 Å². The third kappa shape index (κ3) is 4.65. The highest BCUT2D eigenvalue weighted by atomic mass is 35.5. The second-order valence-corrected chi connectivity index (χ2v) is 4.24. The van der Waals surface area contributed by atoms with Gasteiger partial charge in [-0.3, -0.25) is 4.90 Å². The number of likely N-dealkylation sites (N-methyl/N-ethyl adjacent to an activating group) is 1. The Morgan fingerprint density at radius 2 is 2.20 bits per heavy atom. The highest BCUT2D eigenvalue weighted by Gasteiger charge is 2.06. The molecule has 0 saturated carbocycles. The fourth-order valence-electron chi connectivity index (χ4n) is 1.57. The molecule has 0 bridgehead atoms. The number of hydrogen-bond acceptors (Lipinski definition) is 2. The fraction of sp³-hybridized carbons (Fsp3) is 0.500. The zero-order chi connectivity index (χ0) is 11.3. The molecule has 0 aliphatic carbocycles. The SMILES string of the molecule is CCN(Cc1cccc(Cl)c1)C[C@@H](C)O. The molecule has 0 spiro atoms. The van der Waals surface area contributed by atoms with Crippen LogP contribution in [0.3, 0.4) is 0 Å². The number of hydrogen-bond donors (Lipinski definition) is 1. The van der Waals surface area contributed by atoms with E-state index < -0.39 is 0 Å². The molecule has 0 radical (unpaired) electrons. The minimum atomic E-state index is -0.288. The van der Waals surface area contributed by atoms with Crippen LogP contribution in [0.5, 0.6) is 0 Å². The molecule has 1 aromatic carbocycles.